The number of nitrogens with two attached hydrogens (primary N) is 1. The largest absolute Gasteiger partial charge is 0.395 e. The van der Waals surface area contributed by atoms with Gasteiger partial charge in [0, 0.05) is 12.6 Å². The van der Waals surface area contributed by atoms with E-state index in [1.54, 1.807) is 4.90 Å². The SMILES string of the molecule is CCC(CC)N(CCO)C(=O)C1(C(N)=S)CC(C)C1. The lowest BCUT2D eigenvalue weighted by Gasteiger charge is -2.48. The molecular weight excluding hydrogens is 260 g/mol. The van der Waals surface area contributed by atoms with Gasteiger partial charge in [-0.1, -0.05) is 33.0 Å². The molecule has 1 aliphatic carbocycles. The van der Waals surface area contributed by atoms with Gasteiger partial charge in [0.2, 0.25) is 5.91 Å². The summed E-state index contributed by atoms with van der Waals surface area (Å²) in [6.45, 7) is 6.57. The number of rotatable bonds is 7. The Labute approximate surface area is 121 Å². The fraction of sp³-hybridized carbons (Fsp3) is 0.857. The molecule has 0 aromatic carbocycles. The number of aliphatic hydroxyl groups excluding tert-OH is 1. The molecule has 0 saturated heterocycles. The van der Waals surface area contributed by atoms with Crippen LogP contribution < -0.4 is 5.73 Å². The first-order valence-electron chi connectivity index (χ1n) is 7.14. The zero-order valence-corrected chi connectivity index (χ0v) is 13.0. The fourth-order valence-electron chi connectivity index (χ4n) is 3.17. The average Bonchev–Trinajstić information content (AvgIpc) is 2.33. The highest BCUT2D eigenvalue weighted by molar-refractivity contribution is 7.80. The van der Waals surface area contributed by atoms with Crippen molar-refractivity contribution >= 4 is 23.1 Å². The smallest absolute Gasteiger partial charge is 0.235 e. The van der Waals surface area contributed by atoms with Gasteiger partial charge < -0.3 is 15.7 Å². The van der Waals surface area contributed by atoms with Crippen molar-refractivity contribution in [2.75, 3.05) is 13.2 Å². The minimum absolute atomic E-state index is 0.0147. The Balaban J connectivity index is 2.95. The van der Waals surface area contributed by atoms with Gasteiger partial charge in [0.25, 0.3) is 0 Å². The summed E-state index contributed by atoms with van der Waals surface area (Å²) in [4.78, 5) is 14.9. The number of carbonyl (C=O) groups excluding carboxylic acids is 1. The highest BCUT2D eigenvalue weighted by Gasteiger charge is 2.52. The molecule has 1 aliphatic rings. The summed E-state index contributed by atoms with van der Waals surface area (Å²) in [5, 5.41) is 9.21. The lowest BCUT2D eigenvalue weighted by Crippen LogP contribution is -2.59. The van der Waals surface area contributed by atoms with Crippen LogP contribution in [0.15, 0.2) is 0 Å². The van der Waals surface area contributed by atoms with E-state index >= 15 is 0 Å². The van der Waals surface area contributed by atoms with Crippen LogP contribution in [0.3, 0.4) is 0 Å². The molecule has 0 atom stereocenters. The van der Waals surface area contributed by atoms with Gasteiger partial charge in [0.1, 0.15) is 0 Å². The van der Waals surface area contributed by atoms with Crippen molar-refractivity contribution in [2.24, 2.45) is 17.1 Å². The van der Waals surface area contributed by atoms with E-state index in [1.807, 2.05) is 0 Å². The second-order valence-electron chi connectivity index (χ2n) is 5.65. The highest BCUT2D eigenvalue weighted by atomic mass is 32.1. The van der Waals surface area contributed by atoms with Gasteiger partial charge in [-0.05, 0) is 31.6 Å². The molecule has 3 N–H and O–H groups in total. The van der Waals surface area contributed by atoms with Crippen molar-refractivity contribution in [2.45, 2.75) is 52.5 Å². The second kappa shape index (κ2) is 6.66. The van der Waals surface area contributed by atoms with E-state index < -0.39 is 5.41 Å². The van der Waals surface area contributed by atoms with E-state index in [0.29, 0.717) is 17.5 Å². The van der Waals surface area contributed by atoms with Crippen molar-refractivity contribution in [1.82, 2.24) is 4.90 Å². The topological polar surface area (TPSA) is 66.6 Å². The van der Waals surface area contributed by atoms with Crippen LogP contribution in [0.4, 0.5) is 0 Å². The zero-order chi connectivity index (χ0) is 14.6. The van der Waals surface area contributed by atoms with Gasteiger partial charge in [-0.25, -0.2) is 0 Å². The van der Waals surface area contributed by atoms with E-state index in [1.165, 1.54) is 0 Å². The molecule has 1 saturated carbocycles. The Morgan fingerprint density at radius 1 is 1.47 bits per heavy atom. The summed E-state index contributed by atoms with van der Waals surface area (Å²) in [5.74, 6) is 0.504. The molecule has 19 heavy (non-hydrogen) atoms. The van der Waals surface area contributed by atoms with Crippen LogP contribution >= 0.6 is 12.2 Å². The molecule has 5 heteroatoms. The second-order valence-corrected chi connectivity index (χ2v) is 6.09. The van der Waals surface area contributed by atoms with Crippen LogP contribution in [0, 0.1) is 11.3 Å². The molecular formula is C14H26N2O2S. The van der Waals surface area contributed by atoms with E-state index in [4.69, 9.17) is 18.0 Å². The summed E-state index contributed by atoms with van der Waals surface area (Å²) >= 11 is 5.14. The number of aliphatic hydroxyl groups is 1. The quantitative estimate of drug-likeness (QED) is 0.699. The average molecular weight is 286 g/mol. The number of nitrogens with zero attached hydrogens (tertiary/aromatic N) is 1. The van der Waals surface area contributed by atoms with Crippen molar-refractivity contribution in [1.29, 1.82) is 0 Å². The maximum absolute atomic E-state index is 12.8. The Bertz CT molecular complexity index is 336. The number of hydrogen-bond acceptors (Lipinski definition) is 3. The minimum atomic E-state index is -0.660. The molecule has 4 nitrogen and oxygen atoms in total. The van der Waals surface area contributed by atoms with Gasteiger partial charge in [0.05, 0.1) is 17.0 Å². The molecule has 0 heterocycles. The van der Waals surface area contributed by atoms with E-state index in [-0.39, 0.29) is 18.6 Å². The van der Waals surface area contributed by atoms with Gasteiger partial charge >= 0.3 is 0 Å². The fourth-order valence-corrected chi connectivity index (χ4v) is 3.43. The summed E-state index contributed by atoms with van der Waals surface area (Å²) in [6, 6.07) is 0.154. The van der Waals surface area contributed by atoms with Crippen LogP contribution in [-0.2, 0) is 4.79 Å². The molecule has 0 aliphatic heterocycles. The summed E-state index contributed by atoms with van der Waals surface area (Å²) in [5.41, 5.74) is 5.17. The molecule has 1 fully saturated rings. The third-order valence-corrected chi connectivity index (χ3v) is 4.65. The standard InChI is InChI=1S/C14H26N2O2S/c1-4-11(5-2)16(6-7-17)13(18)14(12(15)19)8-10(3)9-14/h10-11,17H,4-9H2,1-3H3,(H2,15,19). The summed E-state index contributed by atoms with van der Waals surface area (Å²) in [7, 11) is 0. The minimum Gasteiger partial charge on any atom is -0.395 e. The van der Waals surface area contributed by atoms with Gasteiger partial charge in [0.15, 0.2) is 0 Å². The monoisotopic (exact) mass is 286 g/mol. The molecule has 0 aromatic rings. The third-order valence-electron chi connectivity index (χ3n) is 4.26. The number of thiocarbonyl (C=S) groups is 1. The van der Waals surface area contributed by atoms with E-state index in [2.05, 4.69) is 20.8 Å². The first-order chi connectivity index (χ1) is 8.92. The molecule has 1 rings (SSSR count). The van der Waals surface area contributed by atoms with E-state index in [0.717, 1.165) is 25.7 Å². The first-order valence-corrected chi connectivity index (χ1v) is 7.55. The number of hydrogen-bond donors (Lipinski definition) is 2. The molecule has 0 radical (unpaired) electrons. The summed E-state index contributed by atoms with van der Waals surface area (Å²) in [6.07, 6.45) is 3.24. The Hall–Kier alpha value is -0.680. The van der Waals surface area contributed by atoms with Crippen LogP contribution in [0.5, 0.6) is 0 Å². The van der Waals surface area contributed by atoms with Gasteiger partial charge in [-0.15, -0.1) is 0 Å². The normalized spacial score (nSPS) is 26.1. The zero-order valence-electron chi connectivity index (χ0n) is 12.2. The van der Waals surface area contributed by atoms with Crippen LogP contribution in [0.25, 0.3) is 0 Å². The molecule has 110 valence electrons. The van der Waals surface area contributed by atoms with Crippen molar-refractivity contribution < 1.29 is 9.90 Å². The van der Waals surface area contributed by atoms with Crippen LogP contribution in [-0.4, -0.2) is 40.1 Å². The van der Waals surface area contributed by atoms with Crippen molar-refractivity contribution in [3.63, 3.8) is 0 Å². The number of amides is 1. The molecule has 0 bridgehead atoms. The predicted molar refractivity (Wildman–Crippen MR) is 80.8 cm³/mol. The maximum Gasteiger partial charge on any atom is 0.235 e. The van der Waals surface area contributed by atoms with Gasteiger partial charge in [-0.3, -0.25) is 4.79 Å². The van der Waals surface area contributed by atoms with Crippen LogP contribution in [0.1, 0.15) is 46.5 Å². The molecule has 0 unspecified atom stereocenters. The Morgan fingerprint density at radius 2 is 2.00 bits per heavy atom. The lowest BCUT2D eigenvalue weighted by molar-refractivity contribution is -0.147. The van der Waals surface area contributed by atoms with E-state index in [9.17, 15) is 9.90 Å². The van der Waals surface area contributed by atoms with Crippen LogP contribution in [0.2, 0.25) is 0 Å². The lowest BCUT2D eigenvalue weighted by atomic mass is 9.61. The Kier molecular flexibility index (Phi) is 5.74. The predicted octanol–water partition coefficient (Wildman–Crippen LogP) is 1.70. The maximum atomic E-state index is 12.8. The third kappa shape index (κ3) is 3.08. The highest BCUT2D eigenvalue weighted by Crippen LogP contribution is 2.47. The molecule has 1 amide bonds. The Morgan fingerprint density at radius 3 is 2.32 bits per heavy atom. The molecule has 0 aromatic heterocycles. The van der Waals surface area contributed by atoms with Gasteiger partial charge in [-0.2, -0.15) is 0 Å². The summed E-state index contributed by atoms with van der Waals surface area (Å²) < 4.78 is 0. The van der Waals surface area contributed by atoms with Crippen molar-refractivity contribution in [3.05, 3.63) is 0 Å². The van der Waals surface area contributed by atoms with Crippen molar-refractivity contribution in [3.8, 4) is 0 Å². The first kappa shape index (κ1) is 16.4. The molecule has 0 spiro atoms. The number of carbonyl (C=O) groups is 1.